The summed E-state index contributed by atoms with van der Waals surface area (Å²) in [5.74, 6) is 0. The van der Waals surface area contributed by atoms with Crippen LogP contribution in [-0.2, 0) is 13.2 Å². The van der Waals surface area contributed by atoms with Gasteiger partial charge in [-0.3, -0.25) is 0 Å². The van der Waals surface area contributed by atoms with Crippen molar-refractivity contribution in [3.63, 3.8) is 0 Å². The van der Waals surface area contributed by atoms with Crippen LogP contribution in [0.15, 0.2) is 40.9 Å². The summed E-state index contributed by atoms with van der Waals surface area (Å²) < 4.78 is 0.961. The molecule has 2 aromatic carbocycles. The van der Waals surface area contributed by atoms with Crippen LogP contribution in [0.4, 0.5) is 11.4 Å². The molecule has 0 radical (unpaired) electrons. The maximum Gasteiger partial charge on any atom is 0.0681 e. The Morgan fingerprint density at radius 2 is 1.79 bits per heavy atom. The lowest BCUT2D eigenvalue weighted by Gasteiger charge is -2.11. The van der Waals surface area contributed by atoms with Gasteiger partial charge in [0.15, 0.2) is 0 Å². The summed E-state index contributed by atoms with van der Waals surface area (Å²) in [5.41, 5.74) is 10.8. The van der Waals surface area contributed by atoms with Gasteiger partial charge in [-0.15, -0.1) is 0 Å². The molecule has 0 unspecified atom stereocenters. The number of aryl methyl sites for hydroxylation is 1. The van der Waals surface area contributed by atoms with E-state index in [9.17, 15) is 0 Å². The van der Waals surface area contributed by atoms with Crippen molar-refractivity contribution in [1.82, 2.24) is 0 Å². The van der Waals surface area contributed by atoms with E-state index < -0.39 is 0 Å². The second-order valence-electron chi connectivity index (χ2n) is 4.52. The Morgan fingerprint density at radius 3 is 2.42 bits per heavy atom. The van der Waals surface area contributed by atoms with Crippen LogP contribution in [-0.4, -0.2) is 5.11 Å². The molecule has 4 N–H and O–H groups in total. The van der Waals surface area contributed by atoms with E-state index in [1.165, 1.54) is 5.56 Å². The first-order chi connectivity index (χ1) is 9.10. The molecule has 100 valence electrons. The molecule has 0 spiro atoms. The number of nitrogen functional groups attached to an aromatic ring is 1. The van der Waals surface area contributed by atoms with E-state index in [-0.39, 0.29) is 6.61 Å². The summed E-state index contributed by atoms with van der Waals surface area (Å²) >= 11 is 3.50. The summed E-state index contributed by atoms with van der Waals surface area (Å²) in [4.78, 5) is 0. The highest BCUT2D eigenvalue weighted by Crippen LogP contribution is 2.28. The first kappa shape index (κ1) is 13.9. The molecule has 2 aromatic rings. The molecule has 3 nitrogen and oxygen atoms in total. The minimum Gasteiger partial charge on any atom is -0.398 e. The van der Waals surface area contributed by atoms with Crippen LogP contribution in [0, 0.1) is 6.92 Å². The zero-order valence-electron chi connectivity index (χ0n) is 10.8. The monoisotopic (exact) mass is 320 g/mol. The molecule has 0 atom stereocenters. The van der Waals surface area contributed by atoms with Gasteiger partial charge < -0.3 is 16.2 Å². The Bertz CT molecular complexity index is 567. The van der Waals surface area contributed by atoms with Crippen LogP contribution in [0.2, 0.25) is 0 Å². The van der Waals surface area contributed by atoms with Crippen molar-refractivity contribution in [2.75, 3.05) is 11.1 Å². The summed E-state index contributed by atoms with van der Waals surface area (Å²) in [6.45, 7) is 2.80. The number of halogens is 1. The van der Waals surface area contributed by atoms with Crippen molar-refractivity contribution in [2.24, 2.45) is 0 Å². The molecular formula is C15H17BrN2O. The van der Waals surface area contributed by atoms with E-state index in [0.717, 1.165) is 33.5 Å². The molecule has 0 aliphatic heterocycles. The van der Waals surface area contributed by atoms with Gasteiger partial charge >= 0.3 is 0 Å². The minimum atomic E-state index is 0.0798. The lowest BCUT2D eigenvalue weighted by atomic mass is 10.1. The fraction of sp³-hybridized carbons (Fsp3) is 0.200. The molecule has 19 heavy (non-hydrogen) atoms. The third-order valence-electron chi connectivity index (χ3n) is 3.04. The van der Waals surface area contributed by atoms with Crippen molar-refractivity contribution < 1.29 is 5.11 Å². The van der Waals surface area contributed by atoms with E-state index >= 15 is 0 Å². The molecular weight excluding hydrogens is 304 g/mol. The Kier molecular flexibility index (Phi) is 4.45. The molecule has 0 saturated heterocycles. The molecule has 4 heteroatoms. The molecule has 0 aliphatic carbocycles. The maximum atomic E-state index is 9.00. The topological polar surface area (TPSA) is 58.3 Å². The predicted molar refractivity (Wildman–Crippen MR) is 83.0 cm³/mol. The van der Waals surface area contributed by atoms with E-state index in [1.54, 1.807) is 0 Å². The van der Waals surface area contributed by atoms with Crippen molar-refractivity contribution in [3.8, 4) is 0 Å². The first-order valence-electron chi connectivity index (χ1n) is 6.08. The Balaban J connectivity index is 2.07. The van der Waals surface area contributed by atoms with Gasteiger partial charge in [-0.1, -0.05) is 24.3 Å². The van der Waals surface area contributed by atoms with Crippen molar-refractivity contribution in [2.45, 2.75) is 20.1 Å². The largest absolute Gasteiger partial charge is 0.398 e. The second kappa shape index (κ2) is 6.08. The maximum absolute atomic E-state index is 9.00. The summed E-state index contributed by atoms with van der Waals surface area (Å²) in [5, 5.41) is 12.4. The molecule has 2 rings (SSSR count). The number of hydrogen-bond donors (Lipinski definition) is 3. The standard InChI is InChI=1S/C15H17BrN2O/c1-10-6-15(13(16)7-14(10)17)18-8-11-2-4-12(9-19)5-3-11/h2-7,18-19H,8-9,17H2,1H3. The smallest absolute Gasteiger partial charge is 0.0681 e. The second-order valence-corrected chi connectivity index (χ2v) is 5.37. The minimum absolute atomic E-state index is 0.0798. The van der Waals surface area contributed by atoms with Crippen LogP contribution >= 0.6 is 15.9 Å². The lowest BCUT2D eigenvalue weighted by molar-refractivity contribution is 0.282. The number of aliphatic hydroxyl groups excluding tert-OH is 1. The zero-order chi connectivity index (χ0) is 13.8. The van der Waals surface area contributed by atoms with E-state index in [4.69, 9.17) is 10.8 Å². The molecule has 0 aromatic heterocycles. The van der Waals surface area contributed by atoms with Gasteiger partial charge in [-0.05, 0) is 51.7 Å². The molecule has 0 heterocycles. The number of aliphatic hydroxyl groups is 1. The van der Waals surface area contributed by atoms with Gasteiger partial charge in [0, 0.05) is 22.4 Å². The number of rotatable bonds is 4. The van der Waals surface area contributed by atoms with Gasteiger partial charge in [0.1, 0.15) is 0 Å². The third kappa shape index (κ3) is 3.49. The molecule has 0 saturated carbocycles. The van der Waals surface area contributed by atoms with Gasteiger partial charge in [-0.2, -0.15) is 0 Å². The number of benzene rings is 2. The number of nitrogens with one attached hydrogen (secondary N) is 1. The van der Waals surface area contributed by atoms with E-state index in [0.29, 0.717) is 0 Å². The average Bonchev–Trinajstić information content (AvgIpc) is 2.42. The number of anilines is 2. The van der Waals surface area contributed by atoms with E-state index in [1.807, 2.05) is 43.3 Å². The summed E-state index contributed by atoms with van der Waals surface area (Å²) in [7, 11) is 0. The number of nitrogens with two attached hydrogens (primary N) is 1. The van der Waals surface area contributed by atoms with Crippen LogP contribution in [0.1, 0.15) is 16.7 Å². The highest BCUT2D eigenvalue weighted by Gasteiger charge is 2.03. The number of hydrogen-bond acceptors (Lipinski definition) is 3. The van der Waals surface area contributed by atoms with Crippen molar-refractivity contribution >= 4 is 27.3 Å². The average molecular weight is 321 g/mol. The van der Waals surface area contributed by atoms with Gasteiger partial charge in [0.2, 0.25) is 0 Å². The Morgan fingerprint density at radius 1 is 1.16 bits per heavy atom. The lowest BCUT2D eigenvalue weighted by Crippen LogP contribution is -2.01. The quantitative estimate of drug-likeness (QED) is 0.756. The van der Waals surface area contributed by atoms with Crippen molar-refractivity contribution in [3.05, 3.63) is 57.6 Å². The normalized spacial score (nSPS) is 10.5. The van der Waals surface area contributed by atoms with Crippen LogP contribution < -0.4 is 11.1 Å². The molecule has 0 aliphatic rings. The fourth-order valence-corrected chi connectivity index (χ4v) is 2.29. The molecule has 0 amide bonds. The van der Waals surface area contributed by atoms with Gasteiger partial charge in [-0.25, -0.2) is 0 Å². The van der Waals surface area contributed by atoms with Gasteiger partial charge in [0.05, 0.1) is 6.61 Å². The molecule has 0 bridgehead atoms. The van der Waals surface area contributed by atoms with Gasteiger partial charge in [0.25, 0.3) is 0 Å². The first-order valence-corrected chi connectivity index (χ1v) is 6.87. The molecule has 0 fully saturated rings. The predicted octanol–water partition coefficient (Wildman–Crippen LogP) is 3.44. The third-order valence-corrected chi connectivity index (χ3v) is 3.70. The Labute approximate surface area is 121 Å². The van der Waals surface area contributed by atoms with E-state index in [2.05, 4.69) is 21.2 Å². The van der Waals surface area contributed by atoms with Crippen molar-refractivity contribution in [1.29, 1.82) is 0 Å². The fourth-order valence-electron chi connectivity index (χ4n) is 1.79. The zero-order valence-corrected chi connectivity index (χ0v) is 12.4. The Hall–Kier alpha value is -1.52. The highest BCUT2D eigenvalue weighted by atomic mass is 79.9. The summed E-state index contributed by atoms with van der Waals surface area (Å²) in [6, 6.07) is 11.8. The highest BCUT2D eigenvalue weighted by molar-refractivity contribution is 9.10. The van der Waals surface area contributed by atoms with Crippen LogP contribution in [0.5, 0.6) is 0 Å². The van der Waals surface area contributed by atoms with Crippen LogP contribution in [0.25, 0.3) is 0 Å². The van der Waals surface area contributed by atoms with Crippen LogP contribution in [0.3, 0.4) is 0 Å². The SMILES string of the molecule is Cc1cc(NCc2ccc(CO)cc2)c(Br)cc1N. The summed E-state index contributed by atoms with van der Waals surface area (Å²) in [6.07, 6.45) is 0.